The van der Waals surface area contributed by atoms with Gasteiger partial charge in [-0.15, -0.1) is 0 Å². The number of piperidine rings is 1. The van der Waals surface area contributed by atoms with Crippen molar-refractivity contribution in [2.75, 3.05) is 61.0 Å². The quantitative estimate of drug-likeness (QED) is 0.715. The second kappa shape index (κ2) is 5.96. The average Bonchev–Trinajstić information content (AvgIpc) is 2.26. The smallest absolute Gasteiger partial charge is 0.0627 e. The van der Waals surface area contributed by atoms with Crippen LogP contribution in [0.25, 0.3) is 0 Å². The molecule has 96 valence electrons. The van der Waals surface area contributed by atoms with Crippen molar-refractivity contribution in [3.05, 3.63) is 0 Å². The first-order valence-corrected chi connectivity index (χ1v) is 6.15. The van der Waals surface area contributed by atoms with Crippen LogP contribution in [-0.4, -0.2) is 86.3 Å². The molecule has 1 heterocycles. The summed E-state index contributed by atoms with van der Waals surface area (Å²) in [5.41, 5.74) is -0.0233. The molecule has 1 aliphatic heterocycles. The third-order valence-corrected chi connectivity index (χ3v) is 3.74. The summed E-state index contributed by atoms with van der Waals surface area (Å²) in [5.74, 6) is 0. The molecular formula is C12H27N3O. The van der Waals surface area contributed by atoms with Crippen LogP contribution in [0.1, 0.15) is 12.8 Å². The Balaban J connectivity index is 2.51. The molecule has 0 amide bonds. The highest BCUT2D eigenvalue weighted by atomic mass is 16.3. The van der Waals surface area contributed by atoms with Gasteiger partial charge in [-0.2, -0.15) is 0 Å². The number of hydrogen-bond acceptors (Lipinski definition) is 4. The fourth-order valence-corrected chi connectivity index (χ4v) is 2.37. The van der Waals surface area contributed by atoms with E-state index in [1.165, 1.54) is 13.0 Å². The first-order valence-electron chi connectivity index (χ1n) is 6.15. The predicted molar refractivity (Wildman–Crippen MR) is 67.7 cm³/mol. The van der Waals surface area contributed by atoms with Gasteiger partial charge < -0.3 is 19.8 Å². The van der Waals surface area contributed by atoms with Gasteiger partial charge in [0.1, 0.15) is 0 Å². The van der Waals surface area contributed by atoms with Crippen LogP contribution in [0.15, 0.2) is 0 Å². The van der Waals surface area contributed by atoms with Gasteiger partial charge >= 0.3 is 0 Å². The van der Waals surface area contributed by atoms with Crippen LogP contribution in [0.4, 0.5) is 0 Å². The summed E-state index contributed by atoms with van der Waals surface area (Å²) in [7, 11) is 8.36. The van der Waals surface area contributed by atoms with E-state index in [4.69, 9.17) is 0 Å². The van der Waals surface area contributed by atoms with Crippen LogP contribution in [0, 0.1) is 0 Å². The molecule has 0 aromatic carbocycles. The number of rotatable bonds is 5. The van der Waals surface area contributed by atoms with Crippen molar-refractivity contribution in [1.29, 1.82) is 0 Å². The first-order chi connectivity index (χ1) is 7.50. The minimum Gasteiger partial charge on any atom is -0.394 e. The summed E-state index contributed by atoms with van der Waals surface area (Å²) in [5, 5.41) is 9.63. The molecule has 0 aromatic heterocycles. The molecule has 1 rings (SSSR count). The van der Waals surface area contributed by atoms with Gasteiger partial charge in [0.15, 0.2) is 0 Å². The monoisotopic (exact) mass is 229 g/mol. The number of aliphatic hydroxyl groups is 1. The minimum absolute atomic E-state index is 0.0233. The fraction of sp³-hybridized carbons (Fsp3) is 1.00. The number of aliphatic hydroxyl groups excluding tert-OH is 1. The van der Waals surface area contributed by atoms with E-state index in [2.05, 4.69) is 42.9 Å². The van der Waals surface area contributed by atoms with Gasteiger partial charge in [-0.05, 0) is 47.6 Å². The van der Waals surface area contributed by atoms with Gasteiger partial charge in [0, 0.05) is 19.6 Å². The van der Waals surface area contributed by atoms with E-state index in [1.54, 1.807) is 0 Å². The molecule has 1 atom stereocenters. The maximum absolute atomic E-state index is 9.63. The molecule has 1 unspecified atom stereocenters. The highest BCUT2D eigenvalue weighted by Gasteiger charge is 2.36. The zero-order valence-corrected chi connectivity index (χ0v) is 11.2. The average molecular weight is 229 g/mol. The van der Waals surface area contributed by atoms with Crippen LogP contribution < -0.4 is 0 Å². The lowest BCUT2D eigenvalue weighted by atomic mass is 9.88. The zero-order chi connectivity index (χ0) is 12.2. The summed E-state index contributed by atoms with van der Waals surface area (Å²) < 4.78 is 0. The zero-order valence-electron chi connectivity index (χ0n) is 11.2. The maximum Gasteiger partial charge on any atom is 0.0627 e. The topological polar surface area (TPSA) is 30.0 Å². The van der Waals surface area contributed by atoms with E-state index in [0.717, 1.165) is 26.1 Å². The summed E-state index contributed by atoms with van der Waals surface area (Å²) in [6, 6.07) is 0. The van der Waals surface area contributed by atoms with Gasteiger partial charge in [0.05, 0.1) is 12.1 Å². The van der Waals surface area contributed by atoms with Crippen molar-refractivity contribution in [2.24, 2.45) is 0 Å². The van der Waals surface area contributed by atoms with Gasteiger partial charge in [0.25, 0.3) is 0 Å². The van der Waals surface area contributed by atoms with E-state index in [0.29, 0.717) is 0 Å². The Morgan fingerprint density at radius 1 is 1.25 bits per heavy atom. The first kappa shape index (κ1) is 13.9. The summed E-state index contributed by atoms with van der Waals surface area (Å²) in [6.45, 7) is 4.61. The lowest BCUT2D eigenvalue weighted by Crippen LogP contribution is -2.59. The van der Waals surface area contributed by atoms with Crippen molar-refractivity contribution in [2.45, 2.75) is 18.4 Å². The van der Waals surface area contributed by atoms with E-state index in [1.807, 2.05) is 0 Å². The molecule has 4 heteroatoms. The lowest BCUT2D eigenvalue weighted by molar-refractivity contribution is -0.00146. The molecule has 0 bridgehead atoms. The highest BCUT2D eigenvalue weighted by molar-refractivity contribution is 4.94. The number of likely N-dealkylation sites (tertiary alicyclic amines) is 1. The molecule has 0 radical (unpaired) electrons. The SMILES string of the molecule is CN(C)CCN1CCCC(CO)(N(C)C)C1. The standard InChI is InChI=1S/C12H27N3O/c1-13(2)8-9-15-7-5-6-12(10-15,11-16)14(3)4/h16H,5-11H2,1-4H3. The third kappa shape index (κ3) is 3.42. The molecule has 4 nitrogen and oxygen atoms in total. The molecule has 1 saturated heterocycles. The van der Waals surface area contributed by atoms with Gasteiger partial charge in [-0.25, -0.2) is 0 Å². The van der Waals surface area contributed by atoms with Gasteiger partial charge in [-0.1, -0.05) is 0 Å². The molecule has 1 aliphatic rings. The lowest BCUT2D eigenvalue weighted by Gasteiger charge is -2.46. The molecule has 16 heavy (non-hydrogen) atoms. The Labute approximate surface area is 99.8 Å². The molecule has 1 N–H and O–H groups in total. The number of nitrogens with zero attached hydrogens (tertiary/aromatic N) is 3. The fourth-order valence-electron chi connectivity index (χ4n) is 2.37. The highest BCUT2D eigenvalue weighted by Crippen LogP contribution is 2.25. The Hall–Kier alpha value is -0.160. The normalized spacial score (nSPS) is 27.9. The van der Waals surface area contributed by atoms with Crippen LogP contribution in [0.5, 0.6) is 0 Å². The van der Waals surface area contributed by atoms with Gasteiger partial charge in [0.2, 0.25) is 0 Å². The van der Waals surface area contributed by atoms with Crippen LogP contribution in [0.2, 0.25) is 0 Å². The Morgan fingerprint density at radius 3 is 2.44 bits per heavy atom. The molecule has 0 saturated carbocycles. The minimum atomic E-state index is -0.0233. The van der Waals surface area contributed by atoms with Gasteiger partial charge in [-0.3, -0.25) is 0 Å². The van der Waals surface area contributed by atoms with Crippen molar-refractivity contribution in [3.8, 4) is 0 Å². The molecule has 1 fully saturated rings. The Bertz CT molecular complexity index is 208. The Morgan fingerprint density at radius 2 is 1.94 bits per heavy atom. The maximum atomic E-state index is 9.63. The largest absolute Gasteiger partial charge is 0.394 e. The van der Waals surface area contributed by atoms with Crippen molar-refractivity contribution in [3.63, 3.8) is 0 Å². The summed E-state index contributed by atoms with van der Waals surface area (Å²) in [4.78, 5) is 6.87. The Kier molecular flexibility index (Phi) is 5.18. The summed E-state index contributed by atoms with van der Waals surface area (Å²) in [6.07, 6.45) is 2.29. The van der Waals surface area contributed by atoms with E-state index >= 15 is 0 Å². The van der Waals surface area contributed by atoms with Crippen molar-refractivity contribution < 1.29 is 5.11 Å². The third-order valence-electron chi connectivity index (χ3n) is 3.74. The van der Waals surface area contributed by atoms with Crippen molar-refractivity contribution in [1.82, 2.24) is 14.7 Å². The number of hydrogen-bond donors (Lipinski definition) is 1. The van der Waals surface area contributed by atoms with E-state index in [9.17, 15) is 5.11 Å². The number of likely N-dealkylation sites (N-methyl/N-ethyl adjacent to an activating group) is 2. The van der Waals surface area contributed by atoms with Crippen molar-refractivity contribution >= 4 is 0 Å². The van der Waals surface area contributed by atoms with E-state index < -0.39 is 0 Å². The molecule has 0 aliphatic carbocycles. The van der Waals surface area contributed by atoms with E-state index in [-0.39, 0.29) is 12.1 Å². The molecular weight excluding hydrogens is 202 g/mol. The van der Waals surface area contributed by atoms with Crippen LogP contribution in [-0.2, 0) is 0 Å². The van der Waals surface area contributed by atoms with Crippen LogP contribution in [0.3, 0.4) is 0 Å². The molecule has 0 aromatic rings. The molecule has 0 spiro atoms. The van der Waals surface area contributed by atoms with Crippen LogP contribution >= 0.6 is 0 Å². The predicted octanol–water partition coefficient (Wildman–Crippen LogP) is -0.0635. The second-order valence-electron chi connectivity index (χ2n) is 5.46. The second-order valence-corrected chi connectivity index (χ2v) is 5.46. The summed E-state index contributed by atoms with van der Waals surface area (Å²) >= 11 is 0.